The van der Waals surface area contributed by atoms with Gasteiger partial charge in [-0.1, -0.05) is 48.6 Å². The molecule has 0 fully saturated rings. The first-order chi connectivity index (χ1) is 11.6. The zero-order valence-corrected chi connectivity index (χ0v) is 13.5. The maximum atomic E-state index is 12.5. The number of rotatable bonds is 3. The highest BCUT2D eigenvalue weighted by molar-refractivity contribution is 7.81. The molecule has 0 amide bonds. The summed E-state index contributed by atoms with van der Waals surface area (Å²) < 4.78 is 1.07. The quantitative estimate of drug-likeness (QED) is 0.635. The van der Waals surface area contributed by atoms with E-state index in [1.165, 1.54) is 0 Å². The number of hydrogen-bond acceptors (Lipinski definition) is 5. The van der Waals surface area contributed by atoms with Crippen LogP contribution in [0.1, 0.15) is 15.9 Å². The topological polar surface area (TPSA) is 99.0 Å². The minimum Gasteiger partial charge on any atom is -0.383 e. The van der Waals surface area contributed by atoms with Crippen LogP contribution >= 0.6 is 12.2 Å². The molecule has 0 saturated heterocycles. The van der Waals surface area contributed by atoms with E-state index in [4.69, 9.17) is 23.7 Å². The average molecular weight is 337 g/mol. The fourth-order valence-electron chi connectivity index (χ4n) is 2.25. The van der Waals surface area contributed by atoms with E-state index in [0.29, 0.717) is 16.1 Å². The molecule has 6 nitrogen and oxygen atoms in total. The maximum Gasteiger partial charge on any atom is 0.280 e. The lowest BCUT2D eigenvalue weighted by atomic mass is 10.2. The van der Waals surface area contributed by atoms with E-state index >= 15 is 0 Å². The second kappa shape index (κ2) is 6.51. The molecule has 0 aliphatic carbocycles. The Hall–Kier alpha value is -3.19. The Balaban J connectivity index is 1.92. The maximum absolute atomic E-state index is 12.5. The molecule has 1 heterocycles. The van der Waals surface area contributed by atoms with Crippen LogP contribution in [0.2, 0.25) is 0 Å². The summed E-state index contributed by atoms with van der Waals surface area (Å²) in [6.07, 6.45) is 0. The number of para-hydroxylation sites is 1. The van der Waals surface area contributed by atoms with Crippen molar-refractivity contribution in [2.75, 3.05) is 16.8 Å². The normalized spacial score (nSPS) is 10.3. The highest BCUT2D eigenvalue weighted by Crippen LogP contribution is 2.22. The summed E-state index contributed by atoms with van der Waals surface area (Å²) in [6, 6.07) is 18.1. The number of nitrogen functional groups attached to an aromatic ring is 2. The Bertz CT molecular complexity index is 890. The fraction of sp³-hybridized carbons (Fsp3) is 0. The van der Waals surface area contributed by atoms with Gasteiger partial charge in [0, 0.05) is 11.3 Å². The van der Waals surface area contributed by atoms with E-state index < -0.39 is 0 Å². The van der Waals surface area contributed by atoms with Crippen LogP contribution in [0.3, 0.4) is 0 Å². The molecule has 3 rings (SSSR count). The standard InChI is InChI=1S/C17H15N5OS/c18-14-13(16(24)20-12-9-5-2-6-10-12)15(19)22(21-14)17(23)11-7-3-1-4-8-11/h1-10H,19H2,(H2,18,21)(H,20,24). The number of anilines is 3. The molecule has 0 aliphatic heterocycles. The van der Waals surface area contributed by atoms with E-state index in [0.717, 1.165) is 10.4 Å². The first kappa shape index (κ1) is 15.7. The van der Waals surface area contributed by atoms with Crippen molar-refractivity contribution in [1.82, 2.24) is 9.78 Å². The lowest BCUT2D eigenvalue weighted by Gasteiger charge is -2.08. The van der Waals surface area contributed by atoms with Gasteiger partial charge < -0.3 is 16.8 Å². The van der Waals surface area contributed by atoms with Gasteiger partial charge in [-0.15, -0.1) is 5.10 Å². The Morgan fingerprint density at radius 1 is 1.00 bits per heavy atom. The second-order valence-electron chi connectivity index (χ2n) is 5.05. The van der Waals surface area contributed by atoms with Crippen LogP contribution in [0.25, 0.3) is 0 Å². The summed E-state index contributed by atoms with van der Waals surface area (Å²) in [7, 11) is 0. The van der Waals surface area contributed by atoms with Crippen molar-refractivity contribution < 1.29 is 4.79 Å². The van der Waals surface area contributed by atoms with Crippen molar-refractivity contribution in [3.05, 3.63) is 71.8 Å². The number of aromatic nitrogens is 2. The highest BCUT2D eigenvalue weighted by atomic mass is 32.1. The molecule has 5 N–H and O–H groups in total. The van der Waals surface area contributed by atoms with E-state index in [1.54, 1.807) is 24.3 Å². The number of benzene rings is 2. The summed E-state index contributed by atoms with van der Waals surface area (Å²) >= 11 is 5.36. The molecule has 0 atom stereocenters. The van der Waals surface area contributed by atoms with Crippen molar-refractivity contribution >= 4 is 40.4 Å². The van der Waals surface area contributed by atoms with E-state index in [9.17, 15) is 4.79 Å². The smallest absolute Gasteiger partial charge is 0.280 e. The summed E-state index contributed by atoms with van der Waals surface area (Å²) in [4.78, 5) is 12.8. The molecule has 1 aromatic heterocycles. The van der Waals surface area contributed by atoms with Crippen molar-refractivity contribution in [2.24, 2.45) is 0 Å². The minimum atomic E-state index is -0.367. The van der Waals surface area contributed by atoms with E-state index in [1.807, 2.05) is 36.4 Å². The van der Waals surface area contributed by atoms with E-state index in [2.05, 4.69) is 10.4 Å². The van der Waals surface area contributed by atoms with Gasteiger partial charge in [0.2, 0.25) is 0 Å². The highest BCUT2D eigenvalue weighted by Gasteiger charge is 2.22. The number of carbonyl (C=O) groups excluding carboxylic acids is 1. The predicted octanol–water partition coefficient (Wildman–Crippen LogP) is 2.52. The van der Waals surface area contributed by atoms with Crippen LogP contribution in [0.5, 0.6) is 0 Å². The molecule has 3 aromatic rings. The lowest BCUT2D eigenvalue weighted by molar-refractivity contribution is 0.0948. The van der Waals surface area contributed by atoms with Crippen molar-refractivity contribution in [1.29, 1.82) is 0 Å². The van der Waals surface area contributed by atoms with Crippen molar-refractivity contribution in [2.45, 2.75) is 0 Å². The van der Waals surface area contributed by atoms with Crippen LogP contribution in [-0.2, 0) is 0 Å². The van der Waals surface area contributed by atoms with Gasteiger partial charge in [0.1, 0.15) is 10.8 Å². The molecule has 0 unspecified atom stereocenters. The number of nitrogens with two attached hydrogens (primary N) is 2. The van der Waals surface area contributed by atoms with Gasteiger partial charge >= 0.3 is 0 Å². The van der Waals surface area contributed by atoms with Crippen molar-refractivity contribution in [3.8, 4) is 0 Å². The molecule has 0 aliphatic rings. The predicted molar refractivity (Wildman–Crippen MR) is 99.0 cm³/mol. The second-order valence-corrected chi connectivity index (χ2v) is 5.46. The molecule has 7 heteroatoms. The summed E-state index contributed by atoms with van der Waals surface area (Å²) in [5.41, 5.74) is 13.6. The number of nitrogens with zero attached hydrogens (tertiary/aromatic N) is 2. The third-order valence-electron chi connectivity index (χ3n) is 3.42. The van der Waals surface area contributed by atoms with E-state index in [-0.39, 0.29) is 17.5 Å². The van der Waals surface area contributed by atoms with Crippen LogP contribution in [-0.4, -0.2) is 20.7 Å². The monoisotopic (exact) mass is 337 g/mol. The Labute approximate surface area is 144 Å². The Morgan fingerprint density at radius 3 is 2.21 bits per heavy atom. The summed E-state index contributed by atoms with van der Waals surface area (Å²) in [5, 5.41) is 7.08. The summed E-state index contributed by atoms with van der Waals surface area (Å²) in [6.45, 7) is 0. The molecular weight excluding hydrogens is 322 g/mol. The molecule has 0 bridgehead atoms. The lowest BCUT2D eigenvalue weighted by Crippen LogP contribution is -2.18. The minimum absolute atomic E-state index is 0.102. The van der Waals surface area contributed by atoms with Crippen LogP contribution < -0.4 is 16.8 Å². The Kier molecular flexibility index (Phi) is 4.26. The van der Waals surface area contributed by atoms with Gasteiger partial charge in [0.25, 0.3) is 5.91 Å². The van der Waals surface area contributed by atoms with Gasteiger partial charge in [-0.05, 0) is 24.3 Å². The molecular formula is C17H15N5OS. The average Bonchev–Trinajstić information content (AvgIpc) is 2.90. The van der Waals surface area contributed by atoms with Gasteiger partial charge in [-0.3, -0.25) is 4.79 Å². The number of nitrogens with one attached hydrogen (secondary N) is 1. The molecule has 120 valence electrons. The van der Waals surface area contributed by atoms with Gasteiger partial charge in [0.05, 0.1) is 5.56 Å². The fourth-order valence-corrected chi connectivity index (χ4v) is 2.58. The molecule has 2 aromatic carbocycles. The first-order valence-corrected chi connectivity index (χ1v) is 7.59. The van der Waals surface area contributed by atoms with Gasteiger partial charge in [-0.25, -0.2) is 0 Å². The SMILES string of the molecule is Nc1nn(C(=O)c2ccccc2)c(N)c1C(=S)Nc1ccccc1. The van der Waals surface area contributed by atoms with Crippen LogP contribution in [0, 0.1) is 0 Å². The first-order valence-electron chi connectivity index (χ1n) is 7.18. The Morgan fingerprint density at radius 2 is 1.58 bits per heavy atom. The molecule has 0 saturated carbocycles. The van der Waals surface area contributed by atoms with Crippen LogP contribution in [0.15, 0.2) is 60.7 Å². The van der Waals surface area contributed by atoms with Gasteiger partial charge in [0.15, 0.2) is 5.82 Å². The van der Waals surface area contributed by atoms with Gasteiger partial charge in [-0.2, -0.15) is 4.68 Å². The zero-order chi connectivity index (χ0) is 17.1. The van der Waals surface area contributed by atoms with Crippen LogP contribution in [0.4, 0.5) is 17.3 Å². The third kappa shape index (κ3) is 2.97. The molecule has 24 heavy (non-hydrogen) atoms. The molecule has 0 spiro atoms. The summed E-state index contributed by atoms with van der Waals surface area (Å²) in [5.74, 6) is -0.159. The molecule has 0 radical (unpaired) electrons. The number of hydrogen-bond donors (Lipinski definition) is 3. The van der Waals surface area contributed by atoms with Crippen molar-refractivity contribution in [3.63, 3.8) is 0 Å². The number of thiocarbonyl (C=S) groups is 1. The largest absolute Gasteiger partial charge is 0.383 e. The number of carbonyl (C=O) groups is 1. The zero-order valence-electron chi connectivity index (χ0n) is 12.6. The third-order valence-corrected chi connectivity index (χ3v) is 3.73.